The number of carbonyl (C=O) groups excluding carboxylic acids is 1. The van der Waals surface area contributed by atoms with Gasteiger partial charge in [-0.1, -0.05) is 30.3 Å². The van der Waals surface area contributed by atoms with E-state index in [0.717, 1.165) is 24.3 Å². The van der Waals surface area contributed by atoms with Gasteiger partial charge in [0.25, 0.3) is 0 Å². The molecule has 0 aromatic heterocycles. The predicted molar refractivity (Wildman–Crippen MR) is 68.0 cm³/mol. The number of nitrogens with zero attached hydrogens (tertiary/aromatic N) is 1. The summed E-state index contributed by atoms with van der Waals surface area (Å²) in [4.78, 5) is 13.8. The lowest BCUT2D eigenvalue weighted by Gasteiger charge is -2.25. The van der Waals surface area contributed by atoms with Crippen molar-refractivity contribution in [3.05, 3.63) is 35.9 Å². The molecule has 0 unspecified atom stereocenters. The number of benzene rings is 1. The zero-order valence-corrected chi connectivity index (χ0v) is 10.4. The van der Waals surface area contributed by atoms with Crippen LogP contribution in [0.4, 0.5) is 4.79 Å². The van der Waals surface area contributed by atoms with Crippen LogP contribution in [0.5, 0.6) is 0 Å². The van der Waals surface area contributed by atoms with Gasteiger partial charge in [-0.2, -0.15) is 11.8 Å². The van der Waals surface area contributed by atoms with Crippen molar-refractivity contribution in [3.8, 4) is 0 Å². The SMILES string of the molecule is O=C(OCc1ccccc1)N1C[C@H]2C[C@H]1CS2. The van der Waals surface area contributed by atoms with Crippen LogP contribution < -0.4 is 0 Å². The molecule has 0 spiro atoms. The van der Waals surface area contributed by atoms with Gasteiger partial charge in [-0.25, -0.2) is 4.79 Å². The lowest BCUT2D eigenvalue weighted by molar-refractivity contribution is 0.0945. The van der Waals surface area contributed by atoms with Crippen molar-refractivity contribution in [2.24, 2.45) is 0 Å². The molecule has 1 aromatic carbocycles. The minimum atomic E-state index is -0.151. The number of fused-ring (bicyclic) bond motifs is 2. The molecule has 2 bridgehead atoms. The van der Waals surface area contributed by atoms with E-state index in [-0.39, 0.29) is 6.09 Å². The Hall–Kier alpha value is -1.16. The first-order valence-electron chi connectivity index (χ1n) is 5.92. The van der Waals surface area contributed by atoms with E-state index < -0.39 is 0 Å². The summed E-state index contributed by atoms with van der Waals surface area (Å²) >= 11 is 1.98. The van der Waals surface area contributed by atoms with Crippen LogP contribution in [0.3, 0.4) is 0 Å². The van der Waals surface area contributed by atoms with E-state index in [2.05, 4.69) is 0 Å². The number of hydrogen-bond acceptors (Lipinski definition) is 3. The van der Waals surface area contributed by atoms with Crippen LogP contribution in [0.25, 0.3) is 0 Å². The van der Waals surface area contributed by atoms with Gasteiger partial charge in [-0.15, -0.1) is 0 Å². The minimum absolute atomic E-state index is 0.151. The Labute approximate surface area is 105 Å². The van der Waals surface area contributed by atoms with Crippen LogP contribution in [-0.2, 0) is 11.3 Å². The topological polar surface area (TPSA) is 29.5 Å². The maximum atomic E-state index is 11.9. The third-order valence-electron chi connectivity index (χ3n) is 3.34. The molecule has 3 nitrogen and oxygen atoms in total. The molecule has 2 saturated heterocycles. The summed E-state index contributed by atoms with van der Waals surface area (Å²) in [5.74, 6) is 1.07. The second-order valence-corrected chi connectivity index (χ2v) is 5.87. The van der Waals surface area contributed by atoms with E-state index in [1.54, 1.807) is 0 Å². The maximum Gasteiger partial charge on any atom is 0.410 e. The highest BCUT2D eigenvalue weighted by atomic mass is 32.2. The Bertz CT molecular complexity index is 409. The van der Waals surface area contributed by atoms with Crippen molar-refractivity contribution in [3.63, 3.8) is 0 Å². The van der Waals surface area contributed by atoms with Crippen LogP contribution in [-0.4, -0.2) is 34.6 Å². The minimum Gasteiger partial charge on any atom is -0.445 e. The van der Waals surface area contributed by atoms with Crippen LogP contribution in [0.2, 0.25) is 0 Å². The first-order chi connectivity index (χ1) is 8.33. The van der Waals surface area contributed by atoms with Gasteiger partial charge in [0.1, 0.15) is 6.61 Å². The summed E-state index contributed by atoms with van der Waals surface area (Å²) in [5, 5.41) is 0.643. The standard InChI is InChI=1S/C13H15NO2S/c15-13(14-7-12-6-11(14)9-17-12)16-8-10-4-2-1-3-5-10/h1-5,11-12H,6-9H2/t11-,12+/m0/s1. The van der Waals surface area contributed by atoms with Crippen molar-refractivity contribution < 1.29 is 9.53 Å². The summed E-state index contributed by atoms with van der Waals surface area (Å²) in [6.07, 6.45) is 0.993. The van der Waals surface area contributed by atoms with Crippen LogP contribution in [0, 0.1) is 0 Å². The Balaban J connectivity index is 1.54. The molecule has 2 aliphatic rings. The molecule has 0 saturated carbocycles. The third kappa shape index (κ3) is 2.27. The fourth-order valence-electron chi connectivity index (χ4n) is 2.43. The van der Waals surface area contributed by atoms with E-state index in [4.69, 9.17) is 4.74 Å². The highest BCUT2D eigenvalue weighted by Crippen LogP contribution is 2.37. The number of hydrogen-bond donors (Lipinski definition) is 0. The summed E-state index contributed by atoms with van der Waals surface area (Å²) < 4.78 is 5.34. The van der Waals surface area contributed by atoms with Gasteiger partial charge in [-0.3, -0.25) is 0 Å². The second kappa shape index (κ2) is 4.61. The van der Waals surface area contributed by atoms with Gasteiger partial charge in [-0.05, 0) is 12.0 Å². The molecule has 0 radical (unpaired) electrons. The number of likely N-dealkylation sites (tertiary alicyclic amines) is 1. The molecule has 4 heteroatoms. The normalized spacial score (nSPS) is 26.2. The highest BCUT2D eigenvalue weighted by Gasteiger charge is 2.41. The van der Waals surface area contributed by atoms with Gasteiger partial charge >= 0.3 is 6.09 Å². The number of ether oxygens (including phenoxy) is 1. The average molecular weight is 249 g/mol. The molecule has 1 aromatic rings. The molecule has 0 aliphatic carbocycles. The maximum absolute atomic E-state index is 11.9. The van der Waals surface area contributed by atoms with E-state index in [9.17, 15) is 4.79 Å². The molecule has 2 fully saturated rings. The Morgan fingerprint density at radius 2 is 2.24 bits per heavy atom. The van der Waals surface area contributed by atoms with Gasteiger partial charge < -0.3 is 9.64 Å². The number of amides is 1. The van der Waals surface area contributed by atoms with Crippen molar-refractivity contribution in [2.45, 2.75) is 24.3 Å². The monoisotopic (exact) mass is 249 g/mol. The zero-order chi connectivity index (χ0) is 11.7. The van der Waals surface area contributed by atoms with E-state index >= 15 is 0 Å². The van der Waals surface area contributed by atoms with Crippen LogP contribution >= 0.6 is 11.8 Å². The molecule has 17 heavy (non-hydrogen) atoms. The smallest absolute Gasteiger partial charge is 0.410 e. The molecule has 3 rings (SSSR count). The van der Waals surface area contributed by atoms with Gasteiger partial charge in [0.2, 0.25) is 0 Å². The predicted octanol–water partition coefficient (Wildman–Crippen LogP) is 2.51. The van der Waals surface area contributed by atoms with Crippen LogP contribution in [0.1, 0.15) is 12.0 Å². The summed E-state index contributed by atoms with van der Waals surface area (Å²) in [6.45, 7) is 1.24. The van der Waals surface area contributed by atoms with Crippen LogP contribution in [0.15, 0.2) is 30.3 Å². The largest absolute Gasteiger partial charge is 0.445 e. The van der Waals surface area contributed by atoms with Gasteiger partial charge in [0, 0.05) is 23.6 Å². The molecule has 2 aliphatic heterocycles. The van der Waals surface area contributed by atoms with Gasteiger partial charge in [0.15, 0.2) is 0 Å². The van der Waals surface area contributed by atoms with E-state index in [0.29, 0.717) is 17.9 Å². The number of thioether (sulfide) groups is 1. The Morgan fingerprint density at radius 1 is 1.41 bits per heavy atom. The van der Waals surface area contributed by atoms with Crippen molar-refractivity contribution >= 4 is 17.9 Å². The summed E-state index contributed by atoms with van der Waals surface area (Å²) in [5.41, 5.74) is 1.04. The van der Waals surface area contributed by atoms with E-state index in [1.807, 2.05) is 47.0 Å². The second-order valence-electron chi connectivity index (χ2n) is 4.54. The molecule has 1 amide bonds. The molecule has 90 valence electrons. The number of rotatable bonds is 2. The quantitative estimate of drug-likeness (QED) is 0.806. The average Bonchev–Trinajstić information content (AvgIpc) is 2.99. The molecule has 2 heterocycles. The molecular formula is C13H15NO2S. The highest BCUT2D eigenvalue weighted by molar-refractivity contribution is 8.00. The third-order valence-corrected chi connectivity index (χ3v) is 4.73. The Morgan fingerprint density at radius 3 is 2.88 bits per heavy atom. The fraction of sp³-hybridized carbons (Fsp3) is 0.462. The van der Waals surface area contributed by atoms with Gasteiger partial charge in [0.05, 0.1) is 0 Å². The first kappa shape index (κ1) is 11.0. The lowest BCUT2D eigenvalue weighted by atomic mass is 10.2. The van der Waals surface area contributed by atoms with Crippen molar-refractivity contribution in [1.82, 2.24) is 4.90 Å². The summed E-state index contributed by atoms with van der Waals surface area (Å²) in [7, 11) is 0. The first-order valence-corrected chi connectivity index (χ1v) is 6.97. The van der Waals surface area contributed by atoms with E-state index in [1.165, 1.54) is 0 Å². The lowest BCUT2D eigenvalue weighted by Crippen LogP contribution is -2.39. The van der Waals surface area contributed by atoms with Crippen molar-refractivity contribution in [2.75, 3.05) is 12.3 Å². The summed E-state index contributed by atoms with van der Waals surface area (Å²) in [6, 6.07) is 10.2. The molecule has 2 atom stereocenters. The fourth-order valence-corrected chi connectivity index (χ4v) is 3.86. The number of carbonyl (C=O) groups is 1. The molecular weight excluding hydrogens is 234 g/mol. The van der Waals surface area contributed by atoms with Crippen molar-refractivity contribution in [1.29, 1.82) is 0 Å². The Kier molecular flexibility index (Phi) is 2.97. The molecule has 0 N–H and O–H groups in total. The zero-order valence-electron chi connectivity index (χ0n) is 9.54.